The Labute approximate surface area is 145 Å². The number of amides is 1. The van der Waals surface area contributed by atoms with Crippen molar-refractivity contribution in [2.45, 2.75) is 63.4 Å². The number of hydrogen-bond acceptors (Lipinski definition) is 3. The lowest BCUT2D eigenvalue weighted by Gasteiger charge is -2.29. The van der Waals surface area contributed by atoms with Crippen molar-refractivity contribution in [2.75, 3.05) is 7.05 Å². The summed E-state index contributed by atoms with van der Waals surface area (Å²) >= 11 is 0. The SMILES string of the molecule is CC1CCCCC1NC(=O)c1ccc(S(=O)(=O)N(C)C(C)C)cc1. The number of carbonyl (C=O) groups excluding carboxylic acids is 1. The molecule has 0 saturated heterocycles. The van der Waals surface area contributed by atoms with Gasteiger partial charge in [0.1, 0.15) is 0 Å². The lowest BCUT2D eigenvalue weighted by atomic mass is 9.86. The van der Waals surface area contributed by atoms with Gasteiger partial charge in [0.2, 0.25) is 10.0 Å². The maximum Gasteiger partial charge on any atom is 0.251 e. The van der Waals surface area contributed by atoms with Crippen molar-refractivity contribution in [1.82, 2.24) is 9.62 Å². The van der Waals surface area contributed by atoms with Gasteiger partial charge in [0.25, 0.3) is 5.91 Å². The van der Waals surface area contributed by atoms with E-state index in [2.05, 4.69) is 12.2 Å². The van der Waals surface area contributed by atoms with Gasteiger partial charge in [0.15, 0.2) is 0 Å². The van der Waals surface area contributed by atoms with Crippen LogP contribution in [0.3, 0.4) is 0 Å². The van der Waals surface area contributed by atoms with Crippen LogP contribution in [0.5, 0.6) is 0 Å². The number of nitrogens with one attached hydrogen (secondary N) is 1. The van der Waals surface area contributed by atoms with E-state index in [1.54, 1.807) is 19.2 Å². The summed E-state index contributed by atoms with van der Waals surface area (Å²) in [6.45, 7) is 5.82. The summed E-state index contributed by atoms with van der Waals surface area (Å²) in [5.74, 6) is 0.358. The lowest BCUT2D eigenvalue weighted by molar-refractivity contribution is 0.0910. The summed E-state index contributed by atoms with van der Waals surface area (Å²) in [5, 5.41) is 3.09. The summed E-state index contributed by atoms with van der Waals surface area (Å²) in [6.07, 6.45) is 4.53. The predicted octanol–water partition coefficient (Wildman–Crippen LogP) is 3.02. The number of carbonyl (C=O) groups is 1. The van der Waals surface area contributed by atoms with Crippen LogP contribution in [0.2, 0.25) is 0 Å². The molecule has 24 heavy (non-hydrogen) atoms. The van der Waals surface area contributed by atoms with E-state index in [1.165, 1.54) is 22.9 Å². The van der Waals surface area contributed by atoms with Crippen molar-refractivity contribution in [1.29, 1.82) is 0 Å². The number of hydrogen-bond donors (Lipinski definition) is 1. The van der Waals surface area contributed by atoms with Gasteiger partial charge < -0.3 is 5.32 Å². The number of benzene rings is 1. The Kier molecular flexibility index (Phi) is 6.04. The van der Waals surface area contributed by atoms with Crippen molar-refractivity contribution in [3.05, 3.63) is 29.8 Å². The Morgan fingerprint density at radius 3 is 2.29 bits per heavy atom. The van der Waals surface area contributed by atoms with Crippen LogP contribution in [0.15, 0.2) is 29.2 Å². The van der Waals surface area contributed by atoms with E-state index >= 15 is 0 Å². The second-order valence-electron chi connectivity index (χ2n) is 6.98. The van der Waals surface area contributed by atoms with Crippen LogP contribution in [0, 0.1) is 5.92 Å². The highest BCUT2D eigenvalue weighted by Gasteiger charge is 2.25. The quantitative estimate of drug-likeness (QED) is 0.886. The Balaban J connectivity index is 2.10. The molecule has 0 radical (unpaired) electrons. The molecular formula is C18H28N2O3S. The highest BCUT2D eigenvalue weighted by Crippen LogP contribution is 2.24. The van der Waals surface area contributed by atoms with E-state index < -0.39 is 10.0 Å². The fourth-order valence-electron chi connectivity index (χ4n) is 3.00. The Morgan fingerprint density at radius 2 is 1.75 bits per heavy atom. The first-order chi connectivity index (χ1) is 11.2. The molecular weight excluding hydrogens is 324 g/mol. The van der Waals surface area contributed by atoms with E-state index in [1.807, 2.05) is 13.8 Å². The molecule has 2 atom stereocenters. The zero-order valence-electron chi connectivity index (χ0n) is 15.0. The molecule has 0 heterocycles. The van der Waals surface area contributed by atoms with Crippen LogP contribution >= 0.6 is 0 Å². The second kappa shape index (κ2) is 7.66. The first-order valence-electron chi connectivity index (χ1n) is 8.62. The molecule has 2 unspecified atom stereocenters. The summed E-state index contributed by atoms with van der Waals surface area (Å²) < 4.78 is 26.2. The van der Waals surface area contributed by atoms with E-state index in [0.717, 1.165) is 19.3 Å². The van der Waals surface area contributed by atoms with Gasteiger partial charge in [-0.25, -0.2) is 8.42 Å². The third kappa shape index (κ3) is 4.16. The van der Waals surface area contributed by atoms with Gasteiger partial charge in [-0.2, -0.15) is 4.31 Å². The molecule has 1 fully saturated rings. The maximum absolute atomic E-state index is 12.4. The molecule has 0 aromatic heterocycles. The van der Waals surface area contributed by atoms with Crippen LogP contribution in [0.25, 0.3) is 0 Å². The zero-order valence-corrected chi connectivity index (χ0v) is 15.8. The average molecular weight is 353 g/mol. The van der Waals surface area contributed by atoms with Gasteiger partial charge in [-0.15, -0.1) is 0 Å². The van der Waals surface area contributed by atoms with Crippen molar-refractivity contribution in [2.24, 2.45) is 5.92 Å². The molecule has 0 spiro atoms. The van der Waals surface area contributed by atoms with Crippen LogP contribution in [-0.4, -0.2) is 37.8 Å². The minimum Gasteiger partial charge on any atom is -0.349 e. The Bertz CT molecular complexity index is 668. The first kappa shape index (κ1) is 18.9. The van der Waals surface area contributed by atoms with Gasteiger partial charge in [-0.05, 0) is 56.9 Å². The van der Waals surface area contributed by atoms with Crippen LogP contribution in [0.1, 0.15) is 56.8 Å². The van der Waals surface area contributed by atoms with E-state index in [4.69, 9.17) is 0 Å². The fourth-order valence-corrected chi connectivity index (χ4v) is 4.37. The second-order valence-corrected chi connectivity index (χ2v) is 8.98. The van der Waals surface area contributed by atoms with Gasteiger partial charge in [0, 0.05) is 24.7 Å². The minimum absolute atomic E-state index is 0.120. The molecule has 0 bridgehead atoms. The van der Waals surface area contributed by atoms with Gasteiger partial charge in [0.05, 0.1) is 4.90 Å². The van der Waals surface area contributed by atoms with Crippen molar-refractivity contribution in [3.8, 4) is 0 Å². The first-order valence-corrected chi connectivity index (χ1v) is 10.1. The topological polar surface area (TPSA) is 66.5 Å². The number of sulfonamides is 1. The molecule has 1 saturated carbocycles. The van der Waals surface area contributed by atoms with E-state index in [0.29, 0.717) is 11.5 Å². The standard InChI is InChI=1S/C18H28N2O3S/c1-13(2)20(4)24(22,23)16-11-9-15(10-12-16)18(21)19-17-8-6-5-7-14(17)3/h9-14,17H,5-8H2,1-4H3,(H,19,21). The fraction of sp³-hybridized carbons (Fsp3) is 0.611. The summed E-state index contributed by atoms with van der Waals surface area (Å²) in [6, 6.07) is 6.28. The summed E-state index contributed by atoms with van der Waals surface area (Å²) in [7, 11) is -1.95. The third-order valence-electron chi connectivity index (χ3n) is 4.95. The molecule has 1 aliphatic carbocycles. The molecule has 2 rings (SSSR count). The average Bonchev–Trinajstić information content (AvgIpc) is 2.56. The predicted molar refractivity (Wildman–Crippen MR) is 95.4 cm³/mol. The molecule has 1 aliphatic rings. The van der Waals surface area contributed by atoms with Crippen LogP contribution in [-0.2, 0) is 10.0 Å². The van der Waals surface area contributed by atoms with E-state index in [9.17, 15) is 13.2 Å². The smallest absolute Gasteiger partial charge is 0.251 e. The monoisotopic (exact) mass is 352 g/mol. The largest absolute Gasteiger partial charge is 0.349 e. The van der Waals surface area contributed by atoms with Gasteiger partial charge >= 0.3 is 0 Å². The van der Waals surface area contributed by atoms with E-state index in [-0.39, 0.29) is 22.9 Å². The summed E-state index contributed by atoms with van der Waals surface area (Å²) in [5.41, 5.74) is 0.499. The maximum atomic E-state index is 12.4. The normalized spacial score (nSPS) is 21.9. The third-order valence-corrected chi connectivity index (χ3v) is 7.00. The van der Waals surface area contributed by atoms with Gasteiger partial charge in [-0.3, -0.25) is 4.79 Å². The molecule has 5 nitrogen and oxygen atoms in total. The molecule has 0 aliphatic heterocycles. The lowest BCUT2D eigenvalue weighted by Crippen LogP contribution is -2.41. The molecule has 1 N–H and O–H groups in total. The van der Waals surface area contributed by atoms with Gasteiger partial charge in [-0.1, -0.05) is 19.8 Å². The molecule has 134 valence electrons. The zero-order chi connectivity index (χ0) is 17.9. The molecule has 1 amide bonds. The van der Waals surface area contributed by atoms with Crippen molar-refractivity contribution >= 4 is 15.9 Å². The minimum atomic E-state index is -3.52. The van der Waals surface area contributed by atoms with Crippen LogP contribution < -0.4 is 5.32 Å². The molecule has 6 heteroatoms. The number of rotatable bonds is 5. The Hall–Kier alpha value is -1.40. The summed E-state index contributed by atoms with van der Waals surface area (Å²) in [4.78, 5) is 12.6. The highest BCUT2D eigenvalue weighted by atomic mass is 32.2. The molecule has 1 aromatic carbocycles. The van der Waals surface area contributed by atoms with Crippen LogP contribution in [0.4, 0.5) is 0 Å². The van der Waals surface area contributed by atoms with Crippen molar-refractivity contribution < 1.29 is 13.2 Å². The molecule has 1 aromatic rings. The Morgan fingerprint density at radius 1 is 1.17 bits per heavy atom. The number of nitrogens with zero attached hydrogens (tertiary/aromatic N) is 1. The highest BCUT2D eigenvalue weighted by molar-refractivity contribution is 7.89. The van der Waals surface area contributed by atoms with Crippen molar-refractivity contribution in [3.63, 3.8) is 0 Å².